The van der Waals surface area contributed by atoms with Gasteiger partial charge in [0.1, 0.15) is 5.75 Å². The molecule has 2 fully saturated rings. The Bertz CT molecular complexity index is 749. The highest BCUT2D eigenvalue weighted by atomic mass is 16.3. The molecule has 6 heteroatoms. The van der Waals surface area contributed by atoms with Crippen molar-refractivity contribution in [1.82, 2.24) is 15.5 Å². The van der Waals surface area contributed by atoms with Gasteiger partial charge in [0.15, 0.2) is 5.82 Å². The molecule has 3 aliphatic rings. The minimum atomic E-state index is 0.238. The van der Waals surface area contributed by atoms with Crippen molar-refractivity contribution in [3.63, 3.8) is 0 Å². The molecule has 0 spiro atoms. The lowest BCUT2D eigenvalue weighted by molar-refractivity contribution is 0.467. The Morgan fingerprint density at radius 3 is 3.00 bits per heavy atom. The van der Waals surface area contributed by atoms with E-state index in [9.17, 15) is 5.11 Å². The zero-order chi connectivity index (χ0) is 14.7. The molecule has 5 rings (SSSR count). The lowest BCUT2D eigenvalue weighted by atomic mass is 10.1. The molecule has 3 atom stereocenters. The first-order valence-corrected chi connectivity index (χ1v) is 7.73. The number of rotatable bonds is 1. The lowest BCUT2D eigenvalue weighted by Gasteiger charge is -2.41. The van der Waals surface area contributed by atoms with E-state index >= 15 is 0 Å². The average Bonchev–Trinajstić information content (AvgIpc) is 3.17. The van der Waals surface area contributed by atoms with Gasteiger partial charge in [-0.2, -0.15) is 0 Å². The van der Waals surface area contributed by atoms with E-state index in [0.29, 0.717) is 18.1 Å². The normalized spacial score (nSPS) is 28.2. The number of benzene rings is 1. The second-order valence-electron chi connectivity index (χ2n) is 6.24. The number of piperazine rings is 1. The quantitative estimate of drug-likeness (QED) is 0.734. The molecular weight excluding hydrogens is 278 g/mol. The Labute approximate surface area is 128 Å². The van der Waals surface area contributed by atoms with Crippen LogP contribution < -0.4 is 15.5 Å². The van der Waals surface area contributed by atoms with Gasteiger partial charge in [-0.25, -0.2) is 0 Å². The molecule has 6 nitrogen and oxygen atoms in total. The molecule has 0 radical (unpaired) electrons. The van der Waals surface area contributed by atoms with Crippen molar-refractivity contribution in [2.24, 2.45) is 0 Å². The molecule has 22 heavy (non-hydrogen) atoms. The summed E-state index contributed by atoms with van der Waals surface area (Å²) in [4.78, 5) is 2.49. The first kappa shape index (κ1) is 12.2. The fourth-order valence-electron chi connectivity index (χ4n) is 4.06. The first-order valence-electron chi connectivity index (χ1n) is 7.73. The van der Waals surface area contributed by atoms with Crippen molar-refractivity contribution in [3.8, 4) is 17.0 Å². The van der Waals surface area contributed by atoms with Crippen LogP contribution in [-0.2, 0) is 0 Å². The van der Waals surface area contributed by atoms with Gasteiger partial charge in [0.25, 0.3) is 0 Å². The Morgan fingerprint density at radius 2 is 2.09 bits per heavy atom. The third kappa shape index (κ3) is 1.58. The van der Waals surface area contributed by atoms with Gasteiger partial charge in [0, 0.05) is 30.7 Å². The van der Waals surface area contributed by atoms with Gasteiger partial charge in [0.05, 0.1) is 17.4 Å². The highest BCUT2D eigenvalue weighted by Crippen LogP contribution is 2.42. The molecule has 2 bridgehead atoms. The van der Waals surface area contributed by atoms with Gasteiger partial charge in [0.2, 0.25) is 0 Å². The van der Waals surface area contributed by atoms with E-state index in [1.807, 2.05) is 18.2 Å². The number of para-hydroxylation sites is 1. The summed E-state index contributed by atoms with van der Waals surface area (Å²) >= 11 is 0. The smallest absolute Gasteiger partial charge is 0.172 e. The number of hydrogen-bond acceptors (Lipinski definition) is 6. The van der Waals surface area contributed by atoms with Crippen LogP contribution in [0.15, 0.2) is 30.3 Å². The highest BCUT2D eigenvalue weighted by Gasteiger charge is 2.48. The summed E-state index contributed by atoms with van der Waals surface area (Å²) in [6, 6.07) is 10.9. The molecule has 0 amide bonds. The molecule has 0 aliphatic carbocycles. The molecule has 4 heterocycles. The minimum Gasteiger partial charge on any atom is -0.507 e. The van der Waals surface area contributed by atoms with E-state index in [1.165, 1.54) is 6.42 Å². The largest absolute Gasteiger partial charge is 0.507 e. The summed E-state index contributed by atoms with van der Waals surface area (Å²) in [7, 11) is 0. The fraction of sp³-hybridized carbons (Fsp3) is 0.375. The summed E-state index contributed by atoms with van der Waals surface area (Å²) in [5.74, 6) is 1.09. The fourth-order valence-corrected chi connectivity index (χ4v) is 4.06. The maximum absolute atomic E-state index is 10.1. The number of nitrogens with zero attached hydrogens (tertiary/aromatic N) is 3. The molecule has 2 saturated heterocycles. The van der Waals surface area contributed by atoms with Gasteiger partial charge >= 0.3 is 0 Å². The second-order valence-corrected chi connectivity index (χ2v) is 6.24. The third-order valence-electron chi connectivity index (χ3n) is 5.07. The zero-order valence-corrected chi connectivity index (χ0v) is 12.0. The van der Waals surface area contributed by atoms with Crippen LogP contribution in [0.25, 0.3) is 11.3 Å². The summed E-state index contributed by atoms with van der Waals surface area (Å²) < 4.78 is 0. The third-order valence-corrected chi connectivity index (χ3v) is 5.07. The molecule has 1 unspecified atom stereocenters. The molecule has 2 aromatic rings. The number of phenolic OH excluding ortho intramolecular Hbond substituents is 1. The Balaban J connectivity index is 1.62. The maximum Gasteiger partial charge on any atom is 0.172 e. The summed E-state index contributed by atoms with van der Waals surface area (Å²) in [5.41, 5.74) is 2.55. The van der Waals surface area contributed by atoms with Crippen molar-refractivity contribution in [2.45, 2.75) is 24.5 Å². The molecule has 3 aliphatic heterocycles. The van der Waals surface area contributed by atoms with Crippen molar-refractivity contribution in [3.05, 3.63) is 30.3 Å². The second kappa shape index (κ2) is 4.33. The Kier molecular flexibility index (Phi) is 2.41. The number of aromatic hydroxyl groups is 1. The van der Waals surface area contributed by atoms with Gasteiger partial charge in [-0.15, -0.1) is 10.2 Å². The number of hydrogen-bond donors (Lipinski definition) is 3. The van der Waals surface area contributed by atoms with Crippen LogP contribution in [0.3, 0.4) is 0 Å². The van der Waals surface area contributed by atoms with Gasteiger partial charge in [-0.05, 0) is 24.6 Å². The number of fused-ring (bicyclic) bond motifs is 7. The Hall–Kier alpha value is -2.34. The van der Waals surface area contributed by atoms with Crippen LogP contribution >= 0.6 is 0 Å². The Morgan fingerprint density at radius 1 is 1.18 bits per heavy atom. The number of aromatic nitrogens is 2. The maximum atomic E-state index is 10.1. The number of phenols is 1. The highest BCUT2D eigenvalue weighted by molar-refractivity contribution is 5.77. The molecule has 3 N–H and O–H groups in total. The summed E-state index contributed by atoms with van der Waals surface area (Å²) in [5, 5.41) is 25.7. The summed E-state index contributed by atoms with van der Waals surface area (Å²) in [6.45, 7) is 1.95. The minimum absolute atomic E-state index is 0.238. The summed E-state index contributed by atoms with van der Waals surface area (Å²) in [6.07, 6.45) is 1.19. The van der Waals surface area contributed by atoms with Crippen molar-refractivity contribution >= 4 is 11.5 Å². The van der Waals surface area contributed by atoms with Gasteiger partial charge in [-0.1, -0.05) is 12.1 Å². The van der Waals surface area contributed by atoms with Crippen LogP contribution in [0.2, 0.25) is 0 Å². The standard InChI is InChI=1S/C16H17N5O/c22-15-4-2-1-3-10(15)11-6-13-16(20-19-11)18-8-14-12-5-9(7-17-12)21(13)14/h1-4,6,9,12,14,17,22H,5,7-8H2,(H,18,20)/t9-,12-,14?/m1/s1. The predicted octanol–water partition coefficient (Wildman–Crippen LogP) is 1.19. The topological polar surface area (TPSA) is 73.3 Å². The van der Waals surface area contributed by atoms with E-state index in [4.69, 9.17) is 0 Å². The van der Waals surface area contributed by atoms with Crippen molar-refractivity contribution in [1.29, 1.82) is 0 Å². The molecular formula is C16H17N5O. The zero-order valence-electron chi connectivity index (χ0n) is 12.0. The van der Waals surface area contributed by atoms with Gasteiger partial charge in [-0.3, -0.25) is 0 Å². The number of nitrogens with one attached hydrogen (secondary N) is 2. The van der Waals surface area contributed by atoms with E-state index in [0.717, 1.165) is 35.9 Å². The van der Waals surface area contributed by atoms with E-state index in [1.54, 1.807) is 6.07 Å². The average molecular weight is 295 g/mol. The van der Waals surface area contributed by atoms with Crippen molar-refractivity contribution in [2.75, 3.05) is 23.3 Å². The molecule has 1 aromatic carbocycles. The monoisotopic (exact) mass is 295 g/mol. The van der Waals surface area contributed by atoms with Crippen LogP contribution in [0.5, 0.6) is 5.75 Å². The van der Waals surface area contributed by atoms with Crippen LogP contribution in [0, 0.1) is 0 Å². The van der Waals surface area contributed by atoms with E-state index in [-0.39, 0.29) is 5.75 Å². The lowest BCUT2D eigenvalue weighted by Crippen LogP contribution is -2.56. The predicted molar refractivity (Wildman–Crippen MR) is 84.1 cm³/mol. The van der Waals surface area contributed by atoms with Crippen molar-refractivity contribution < 1.29 is 5.11 Å². The van der Waals surface area contributed by atoms with Crippen LogP contribution in [0.1, 0.15) is 6.42 Å². The molecule has 112 valence electrons. The van der Waals surface area contributed by atoms with Crippen LogP contribution in [-0.4, -0.2) is 46.5 Å². The van der Waals surface area contributed by atoms with Crippen LogP contribution in [0.4, 0.5) is 11.5 Å². The van der Waals surface area contributed by atoms with Gasteiger partial charge < -0.3 is 20.6 Å². The molecule has 0 saturated carbocycles. The van der Waals surface area contributed by atoms with E-state index in [2.05, 4.69) is 31.8 Å². The SMILES string of the molecule is Oc1ccccc1-c1cc2c(nn1)NCC1[C@H]3C[C@H](CN3)N21. The number of anilines is 2. The first-order chi connectivity index (χ1) is 10.8. The molecule has 1 aromatic heterocycles. The van der Waals surface area contributed by atoms with E-state index < -0.39 is 0 Å².